The second kappa shape index (κ2) is 3.21. The van der Waals surface area contributed by atoms with Crippen LogP contribution in [0.3, 0.4) is 0 Å². The summed E-state index contributed by atoms with van der Waals surface area (Å²) in [5, 5.41) is 8.86. The minimum absolute atomic E-state index is 0.697. The Morgan fingerprint density at radius 3 is 2.67 bits per heavy atom. The molecular formula is C11H13N3Si. The van der Waals surface area contributed by atoms with Crippen LogP contribution in [0.2, 0.25) is 19.6 Å². The number of nitriles is 1. The Balaban J connectivity index is 2.73. The third-order valence-electron chi connectivity index (χ3n) is 2.40. The van der Waals surface area contributed by atoms with E-state index in [4.69, 9.17) is 5.26 Å². The van der Waals surface area contributed by atoms with Crippen molar-refractivity contribution in [1.29, 1.82) is 5.26 Å². The molecule has 1 aromatic carbocycles. The van der Waals surface area contributed by atoms with E-state index in [1.54, 1.807) is 0 Å². The Morgan fingerprint density at radius 1 is 1.33 bits per heavy atom. The van der Waals surface area contributed by atoms with Crippen LogP contribution in [0.5, 0.6) is 0 Å². The smallest absolute Gasteiger partial charge is 0.154 e. The van der Waals surface area contributed by atoms with Crippen molar-refractivity contribution in [2.75, 3.05) is 0 Å². The maximum Gasteiger partial charge on any atom is 0.154 e. The molecule has 0 spiro atoms. The first-order valence-electron chi connectivity index (χ1n) is 4.90. The van der Waals surface area contributed by atoms with Crippen LogP contribution in [0.1, 0.15) is 5.56 Å². The molecule has 0 aliphatic heterocycles. The average molecular weight is 215 g/mol. The van der Waals surface area contributed by atoms with Gasteiger partial charge in [-0.25, -0.2) is 4.98 Å². The molecule has 1 aromatic heterocycles. The number of benzene rings is 1. The first kappa shape index (κ1) is 9.93. The van der Waals surface area contributed by atoms with Gasteiger partial charge in [-0.05, 0) is 18.2 Å². The molecule has 0 N–H and O–H groups in total. The van der Waals surface area contributed by atoms with Crippen molar-refractivity contribution < 1.29 is 0 Å². The lowest BCUT2D eigenvalue weighted by molar-refractivity contribution is 1.16. The average Bonchev–Trinajstić information content (AvgIpc) is 2.59. The second-order valence-electron chi connectivity index (χ2n) is 4.60. The van der Waals surface area contributed by atoms with Gasteiger partial charge < -0.3 is 4.23 Å². The molecule has 0 radical (unpaired) electrons. The summed E-state index contributed by atoms with van der Waals surface area (Å²) in [7, 11) is -1.44. The van der Waals surface area contributed by atoms with Crippen molar-refractivity contribution in [2.24, 2.45) is 0 Å². The summed E-state index contributed by atoms with van der Waals surface area (Å²) in [6, 6.07) is 7.80. The van der Waals surface area contributed by atoms with Gasteiger partial charge in [-0.1, -0.05) is 19.6 Å². The fourth-order valence-corrected chi connectivity index (χ4v) is 2.92. The zero-order valence-corrected chi connectivity index (χ0v) is 10.2. The van der Waals surface area contributed by atoms with Crippen molar-refractivity contribution in [3.05, 3.63) is 30.1 Å². The number of nitrogens with zero attached hydrogens (tertiary/aromatic N) is 3. The summed E-state index contributed by atoms with van der Waals surface area (Å²) in [5.74, 6) is 0. The van der Waals surface area contributed by atoms with E-state index < -0.39 is 8.24 Å². The van der Waals surface area contributed by atoms with Gasteiger partial charge in [0.25, 0.3) is 0 Å². The van der Waals surface area contributed by atoms with Gasteiger partial charge in [0, 0.05) is 0 Å². The predicted octanol–water partition coefficient (Wildman–Crippen LogP) is 2.59. The molecule has 15 heavy (non-hydrogen) atoms. The minimum atomic E-state index is -1.44. The number of imidazole rings is 1. The van der Waals surface area contributed by atoms with E-state index >= 15 is 0 Å². The van der Waals surface area contributed by atoms with E-state index in [0.29, 0.717) is 5.56 Å². The molecule has 0 bridgehead atoms. The largest absolute Gasteiger partial charge is 0.359 e. The van der Waals surface area contributed by atoms with E-state index in [0.717, 1.165) is 11.0 Å². The molecule has 2 rings (SSSR count). The monoisotopic (exact) mass is 215 g/mol. The summed E-state index contributed by atoms with van der Waals surface area (Å²) in [6.45, 7) is 6.77. The summed E-state index contributed by atoms with van der Waals surface area (Å²) in [4.78, 5) is 4.35. The zero-order chi connectivity index (χ0) is 11.1. The highest BCUT2D eigenvalue weighted by molar-refractivity contribution is 6.75. The Labute approximate surface area is 90.1 Å². The number of rotatable bonds is 1. The van der Waals surface area contributed by atoms with E-state index in [2.05, 4.69) is 34.9 Å². The van der Waals surface area contributed by atoms with Crippen LogP contribution >= 0.6 is 0 Å². The van der Waals surface area contributed by atoms with Gasteiger partial charge in [0.05, 0.1) is 29.0 Å². The molecular weight excluding hydrogens is 202 g/mol. The van der Waals surface area contributed by atoms with Gasteiger partial charge in [0.15, 0.2) is 8.24 Å². The number of hydrogen-bond donors (Lipinski definition) is 0. The van der Waals surface area contributed by atoms with Crippen LogP contribution in [-0.4, -0.2) is 17.5 Å². The van der Waals surface area contributed by atoms with Crippen LogP contribution in [0.25, 0.3) is 11.0 Å². The van der Waals surface area contributed by atoms with Crippen LogP contribution < -0.4 is 0 Å². The maximum atomic E-state index is 8.86. The molecule has 0 aliphatic rings. The number of hydrogen-bond acceptors (Lipinski definition) is 2. The molecule has 76 valence electrons. The Morgan fingerprint density at radius 2 is 2.07 bits per heavy atom. The Bertz CT molecular complexity index is 543. The van der Waals surface area contributed by atoms with E-state index in [1.165, 1.54) is 0 Å². The lowest BCUT2D eigenvalue weighted by Gasteiger charge is -2.18. The molecule has 0 aliphatic carbocycles. The molecule has 0 saturated carbocycles. The van der Waals surface area contributed by atoms with Crippen LogP contribution in [0, 0.1) is 11.3 Å². The van der Waals surface area contributed by atoms with Gasteiger partial charge in [-0.2, -0.15) is 5.26 Å². The van der Waals surface area contributed by atoms with E-state index in [9.17, 15) is 0 Å². The molecule has 4 heteroatoms. The molecule has 1 heterocycles. The molecule has 0 fully saturated rings. The standard InChI is InChI=1S/C11H13N3Si/c1-15(2,3)14-8-13-10-5-4-9(7-12)6-11(10)14/h4-6,8H,1-3H3. The zero-order valence-electron chi connectivity index (χ0n) is 9.15. The van der Waals surface area contributed by atoms with Crippen LogP contribution in [0.15, 0.2) is 24.5 Å². The third kappa shape index (κ3) is 1.66. The summed E-state index contributed by atoms with van der Waals surface area (Å²) in [5.41, 5.74) is 2.74. The van der Waals surface area contributed by atoms with Crippen LogP contribution in [0.4, 0.5) is 0 Å². The van der Waals surface area contributed by atoms with Gasteiger partial charge in [0.1, 0.15) is 0 Å². The van der Waals surface area contributed by atoms with Gasteiger partial charge in [-0.3, -0.25) is 0 Å². The van der Waals surface area contributed by atoms with Gasteiger partial charge in [-0.15, -0.1) is 0 Å². The van der Waals surface area contributed by atoms with Crippen molar-refractivity contribution in [3.63, 3.8) is 0 Å². The SMILES string of the molecule is C[Si](C)(C)n1cnc2ccc(C#N)cc21. The lowest BCUT2D eigenvalue weighted by Crippen LogP contribution is -2.31. The predicted molar refractivity (Wildman–Crippen MR) is 63.2 cm³/mol. The number of fused-ring (bicyclic) bond motifs is 1. The quantitative estimate of drug-likeness (QED) is 0.686. The normalized spacial score (nSPS) is 11.6. The third-order valence-corrected chi connectivity index (χ3v) is 4.20. The van der Waals surface area contributed by atoms with E-state index in [1.807, 2.05) is 24.5 Å². The van der Waals surface area contributed by atoms with Crippen molar-refractivity contribution in [2.45, 2.75) is 19.6 Å². The summed E-state index contributed by atoms with van der Waals surface area (Å²) >= 11 is 0. The Kier molecular flexibility index (Phi) is 2.13. The first-order chi connectivity index (χ1) is 7.02. The lowest BCUT2D eigenvalue weighted by atomic mass is 10.2. The first-order valence-corrected chi connectivity index (χ1v) is 8.35. The highest BCUT2D eigenvalue weighted by Crippen LogP contribution is 2.18. The summed E-state index contributed by atoms with van der Waals surface area (Å²) < 4.78 is 2.23. The highest BCUT2D eigenvalue weighted by atomic mass is 28.3. The minimum Gasteiger partial charge on any atom is -0.359 e. The maximum absolute atomic E-state index is 8.86. The molecule has 0 saturated heterocycles. The molecule has 3 nitrogen and oxygen atoms in total. The van der Waals surface area contributed by atoms with Crippen molar-refractivity contribution >= 4 is 19.3 Å². The van der Waals surface area contributed by atoms with Crippen molar-refractivity contribution in [1.82, 2.24) is 9.22 Å². The number of aromatic nitrogens is 2. The fourth-order valence-electron chi connectivity index (χ4n) is 1.61. The summed E-state index contributed by atoms with van der Waals surface area (Å²) in [6.07, 6.45) is 1.89. The molecule has 2 aromatic rings. The fraction of sp³-hybridized carbons (Fsp3) is 0.273. The molecule has 0 amide bonds. The van der Waals surface area contributed by atoms with Crippen molar-refractivity contribution in [3.8, 4) is 6.07 Å². The van der Waals surface area contributed by atoms with Gasteiger partial charge in [0.2, 0.25) is 0 Å². The molecule has 0 atom stereocenters. The molecule has 0 unspecified atom stereocenters. The topological polar surface area (TPSA) is 41.6 Å². The Hall–Kier alpha value is -1.60. The highest BCUT2D eigenvalue weighted by Gasteiger charge is 2.18. The van der Waals surface area contributed by atoms with Crippen LogP contribution in [-0.2, 0) is 0 Å². The van der Waals surface area contributed by atoms with E-state index in [-0.39, 0.29) is 0 Å². The second-order valence-corrected chi connectivity index (χ2v) is 9.42. The van der Waals surface area contributed by atoms with Gasteiger partial charge >= 0.3 is 0 Å².